The number of nitrogens with one attached hydrogen (secondary N) is 1. The Bertz CT molecular complexity index is 611. The van der Waals surface area contributed by atoms with E-state index >= 15 is 0 Å². The van der Waals surface area contributed by atoms with Gasteiger partial charge >= 0.3 is 6.09 Å². The summed E-state index contributed by atoms with van der Waals surface area (Å²) >= 11 is 6.33. The van der Waals surface area contributed by atoms with Gasteiger partial charge in [-0.15, -0.1) is 0 Å². The third kappa shape index (κ3) is 3.91. The van der Waals surface area contributed by atoms with E-state index < -0.39 is 11.7 Å². The minimum absolute atomic E-state index is 0.101. The molecule has 0 aromatic carbocycles. The maximum atomic E-state index is 12.3. The lowest BCUT2D eigenvalue weighted by atomic mass is 9.98. The van der Waals surface area contributed by atoms with E-state index in [0.717, 1.165) is 11.5 Å². The Hall–Kier alpha value is -1.75. The number of halogens is 1. The first kappa shape index (κ1) is 16.6. The third-order valence-corrected chi connectivity index (χ3v) is 3.56. The normalized spacial score (nSPS) is 20.5. The first-order valence-corrected chi connectivity index (χ1v) is 7.75. The Morgan fingerprint density at radius 1 is 1.55 bits per heavy atom. The van der Waals surface area contributed by atoms with Crippen LogP contribution in [-0.2, 0) is 4.74 Å². The van der Waals surface area contributed by atoms with Gasteiger partial charge in [-0.3, -0.25) is 9.56 Å². The molecular weight excluding hydrogens is 302 g/mol. The van der Waals surface area contributed by atoms with Crippen molar-refractivity contribution < 1.29 is 9.53 Å². The van der Waals surface area contributed by atoms with Crippen molar-refractivity contribution in [2.24, 2.45) is 4.99 Å². The zero-order valence-corrected chi connectivity index (χ0v) is 14.1. The predicted molar refractivity (Wildman–Crippen MR) is 88.5 cm³/mol. The quantitative estimate of drug-likeness (QED) is 0.899. The van der Waals surface area contributed by atoms with Gasteiger partial charge in [-0.05, 0) is 39.8 Å². The second-order valence-corrected chi connectivity index (χ2v) is 6.57. The summed E-state index contributed by atoms with van der Waals surface area (Å²) in [5.74, 6) is 0.768. The second kappa shape index (κ2) is 6.57. The summed E-state index contributed by atoms with van der Waals surface area (Å²) in [5, 5.41) is 3.73. The van der Waals surface area contributed by atoms with Gasteiger partial charge in [0.1, 0.15) is 11.4 Å². The number of allylic oxidation sites excluding steroid dienone is 1. The molecule has 0 spiro atoms. The maximum absolute atomic E-state index is 12.3. The molecule has 2 heterocycles. The van der Waals surface area contributed by atoms with E-state index in [9.17, 15) is 4.79 Å². The van der Waals surface area contributed by atoms with E-state index in [0.29, 0.717) is 18.0 Å². The number of amidine groups is 1. The molecule has 0 bridgehead atoms. The number of carbonyl (C=O) groups excluding carboxylic acids is 1. The van der Waals surface area contributed by atoms with Gasteiger partial charge < -0.3 is 10.1 Å². The predicted octanol–water partition coefficient (Wildman–Crippen LogP) is 3.85. The molecule has 0 radical (unpaired) electrons. The van der Waals surface area contributed by atoms with Gasteiger partial charge in [-0.25, -0.2) is 4.79 Å². The highest BCUT2D eigenvalue weighted by Gasteiger charge is 2.27. The number of ether oxygens (including phenoxy) is 1. The van der Waals surface area contributed by atoms with Gasteiger partial charge in [0.25, 0.3) is 0 Å². The summed E-state index contributed by atoms with van der Waals surface area (Å²) in [6, 6.07) is 3.71. The van der Waals surface area contributed by atoms with Crippen molar-refractivity contribution in [1.82, 2.24) is 9.88 Å². The molecule has 1 aliphatic rings. The molecule has 1 aromatic heterocycles. The Labute approximate surface area is 136 Å². The van der Waals surface area contributed by atoms with Gasteiger partial charge in [-0.1, -0.05) is 11.6 Å². The molecule has 1 atom stereocenters. The summed E-state index contributed by atoms with van der Waals surface area (Å²) in [7, 11) is 0. The Kier molecular flexibility index (Phi) is 4.96. The summed E-state index contributed by atoms with van der Waals surface area (Å²) < 4.78 is 6.95. The van der Waals surface area contributed by atoms with Crippen molar-refractivity contribution in [3.05, 3.63) is 35.3 Å². The molecule has 1 aromatic rings. The van der Waals surface area contributed by atoms with Crippen LogP contribution in [-0.4, -0.2) is 28.6 Å². The second-order valence-electron chi connectivity index (χ2n) is 6.13. The fourth-order valence-corrected chi connectivity index (χ4v) is 2.55. The van der Waals surface area contributed by atoms with Crippen molar-refractivity contribution in [3.8, 4) is 0 Å². The molecule has 0 saturated carbocycles. The van der Waals surface area contributed by atoms with Crippen LogP contribution in [0.3, 0.4) is 0 Å². The fraction of sp³-hybridized carbons (Fsp3) is 0.500. The molecule has 0 saturated heterocycles. The molecule has 5 nitrogen and oxygen atoms in total. The van der Waals surface area contributed by atoms with Crippen LogP contribution in [0.15, 0.2) is 34.6 Å². The summed E-state index contributed by atoms with van der Waals surface area (Å²) in [4.78, 5) is 16.7. The average molecular weight is 324 g/mol. The fourth-order valence-electron chi connectivity index (χ4n) is 2.30. The van der Waals surface area contributed by atoms with Crippen LogP contribution in [0, 0.1) is 0 Å². The van der Waals surface area contributed by atoms with Crippen LogP contribution >= 0.6 is 11.6 Å². The highest BCUT2D eigenvalue weighted by atomic mass is 35.5. The van der Waals surface area contributed by atoms with E-state index in [2.05, 4.69) is 10.3 Å². The number of nitrogens with zero attached hydrogens (tertiary/aromatic N) is 2. The Balaban J connectivity index is 2.28. The minimum atomic E-state index is -0.540. The van der Waals surface area contributed by atoms with Crippen LogP contribution in [0.5, 0.6) is 0 Å². The summed E-state index contributed by atoms with van der Waals surface area (Å²) in [5.41, 5.74) is 0.266. The third-order valence-electron chi connectivity index (χ3n) is 3.18. The molecular formula is C16H22ClN3O2. The van der Waals surface area contributed by atoms with Gasteiger partial charge in [0.05, 0.1) is 0 Å². The molecule has 22 heavy (non-hydrogen) atoms. The molecule has 1 aliphatic heterocycles. The highest BCUT2D eigenvalue weighted by molar-refractivity contribution is 6.30. The molecule has 1 unspecified atom stereocenters. The monoisotopic (exact) mass is 323 g/mol. The van der Waals surface area contributed by atoms with Crippen molar-refractivity contribution in [1.29, 1.82) is 0 Å². The Morgan fingerprint density at radius 3 is 2.91 bits per heavy atom. The van der Waals surface area contributed by atoms with Crippen molar-refractivity contribution in [3.63, 3.8) is 0 Å². The lowest BCUT2D eigenvalue weighted by Crippen LogP contribution is -2.30. The van der Waals surface area contributed by atoms with E-state index in [4.69, 9.17) is 16.3 Å². The number of hydrogen-bond acceptors (Lipinski definition) is 3. The molecule has 0 fully saturated rings. The number of aromatic nitrogens is 1. The van der Waals surface area contributed by atoms with Crippen LogP contribution < -0.4 is 5.32 Å². The topological polar surface area (TPSA) is 55.6 Å². The SMILES string of the molecule is CCN=C1CC(c2cccn2C(=O)OC(C)(C)C)C(Cl)=CN1. The van der Waals surface area contributed by atoms with Crippen LogP contribution in [0.4, 0.5) is 4.79 Å². The Morgan fingerprint density at radius 2 is 2.27 bits per heavy atom. The molecule has 6 heteroatoms. The van der Waals surface area contributed by atoms with E-state index in [1.807, 2.05) is 39.8 Å². The molecule has 120 valence electrons. The van der Waals surface area contributed by atoms with Crippen molar-refractivity contribution in [2.45, 2.75) is 45.6 Å². The lowest BCUT2D eigenvalue weighted by Gasteiger charge is -2.25. The largest absolute Gasteiger partial charge is 0.443 e. The zero-order valence-electron chi connectivity index (χ0n) is 13.4. The minimum Gasteiger partial charge on any atom is -0.443 e. The van der Waals surface area contributed by atoms with E-state index in [1.165, 1.54) is 4.57 Å². The summed E-state index contributed by atoms with van der Waals surface area (Å²) in [6.07, 6.45) is 3.67. The zero-order chi connectivity index (χ0) is 16.3. The van der Waals surface area contributed by atoms with E-state index in [1.54, 1.807) is 12.4 Å². The summed E-state index contributed by atoms with van der Waals surface area (Å²) in [6.45, 7) is 8.22. The molecule has 0 aliphatic carbocycles. The highest BCUT2D eigenvalue weighted by Crippen LogP contribution is 2.33. The number of carbonyl (C=O) groups is 1. The molecule has 2 rings (SSSR count). The molecule has 1 N–H and O–H groups in total. The smallest absolute Gasteiger partial charge is 0.418 e. The lowest BCUT2D eigenvalue weighted by molar-refractivity contribution is 0.0532. The van der Waals surface area contributed by atoms with Crippen molar-refractivity contribution in [2.75, 3.05) is 6.54 Å². The van der Waals surface area contributed by atoms with Crippen LogP contribution in [0.2, 0.25) is 0 Å². The number of aliphatic imine (C=N–C) groups is 1. The standard InChI is InChI=1S/C16H22ClN3O2/c1-5-18-14-9-11(12(17)10-19-14)13-7-6-8-20(13)15(21)22-16(2,3)4/h6-8,10-11H,5,9H2,1-4H3,(H,18,19). The first-order chi connectivity index (χ1) is 10.3. The van der Waals surface area contributed by atoms with E-state index in [-0.39, 0.29) is 5.92 Å². The number of hydrogen-bond donors (Lipinski definition) is 1. The molecule has 0 amide bonds. The number of rotatable bonds is 2. The van der Waals surface area contributed by atoms with Gasteiger partial charge in [0.15, 0.2) is 0 Å². The maximum Gasteiger partial charge on any atom is 0.418 e. The first-order valence-electron chi connectivity index (χ1n) is 7.38. The van der Waals surface area contributed by atoms with Gasteiger partial charge in [0.2, 0.25) is 0 Å². The van der Waals surface area contributed by atoms with Crippen molar-refractivity contribution >= 4 is 23.5 Å². The van der Waals surface area contributed by atoms with Gasteiger partial charge in [-0.2, -0.15) is 0 Å². The average Bonchev–Trinajstić information content (AvgIpc) is 2.88. The van der Waals surface area contributed by atoms with Crippen LogP contribution in [0.25, 0.3) is 0 Å². The van der Waals surface area contributed by atoms with Crippen LogP contribution in [0.1, 0.15) is 45.7 Å². The van der Waals surface area contributed by atoms with Gasteiger partial charge in [0, 0.05) is 42.0 Å².